The minimum absolute atomic E-state index is 0.0715. The highest BCUT2D eigenvalue weighted by atomic mass is 16.4. The van der Waals surface area contributed by atoms with Crippen LogP contribution in [0.2, 0.25) is 0 Å². The Morgan fingerprint density at radius 1 is 1.21 bits per heavy atom. The lowest BCUT2D eigenvalue weighted by atomic mass is 9.95. The molecule has 1 aliphatic rings. The third-order valence-electron chi connectivity index (χ3n) is 4.22. The second-order valence-corrected chi connectivity index (χ2v) is 5.90. The van der Waals surface area contributed by atoms with E-state index in [4.69, 9.17) is 5.11 Å². The average molecular weight is 326 g/mol. The summed E-state index contributed by atoms with van der Waals surface area (Å²) in [5.74, 6) is -0.814. The molecule has 2 aromatic rings. The molecule has 0 spiro atoms. The summed E-state index contributed by atoms with van der Waals surface area (Å²) in [6.45, 7) is 3.00. The van der Waals surface area contributed by atoms with Crippen LogP contribution in [0.4, 0.5) is 0 Å². The van der Waals surface area contributed by atoms with Gasteiger partial charge in [-0.2, -0.15) is 0 Å². The second kappa shape index (κ2) is 6.74. The van der Waals surface area contributed by atoms with Crippen LogP contribution in [-0.2, 0) is 4.79 Å². The number of nitrogens with zero attached hydrogens (tertiary/aromatic N) is 4. The molecule has 1 aliphatic heterocycles. The summed E-state index contributed by atoms with van der Waals surface area (Å²) in [7, 11) is 0. The molecule has 0 saturated carbocycles. The fourth-order valence-corrected chi connectivity index (χ4v) is 2.92. The van der Waals surface area contributed by atoms with Crippen molar-refractivity contribution in [2.45, 2.75) is 25.7 Å². The smallest absolute Gasteiger partial charge is 0.337 e. The molecule has 24 heavy (non-hydrogen) atoms. The Balaban J connectivity index is 1.88. The third kappa shape index (κ3) is 3.40. The van der Waals surface area contributed by atoms with Crippen molar-refractivity contribution in [1.29, 1.82) is 0 Å². The summed E-state index contributed by atoms with van der Waals surface area (Å²) < 4.78 is 0. The van der Waals surface area contributed by atoms with E-state index in [0.29, 0.717) is 17.8 Å². The maximum atomic E-state index is 11.6. The lowest BCUT2D eigenvalue weighted by Crippen LogP contribution is -2.37. The Kier molecular flexibility index (Phi) is 4.50. The number of amides is 1. The van der Waals surface area contributed by atoms with Gasteiger partial charge in [-0.25, -0.2) is 9.78 Å². The summed E-state index contributed by atoms with van der Waals surface area (Å²) in [6.07, 6.45) is 8.07. The van der Waals surface area contributed by atoms with Gasteiger partial charge in [0, 0.05) is 50.1 Å². The largest absolute Gasteiger partial charge is 0.478 e. The van der Waals surface area contributed by atoms with E-state index in [1.165, 1.54) is 12.3 Å². The molecule has 0 aliphatic carbocycles. The zero-order chi connectivity index (χ0) is 17.1. The first-order chi connectivity index (χ1) is 11.5. The zero-order valence-corrected chi connectivity index (χ0v) is 13.3. The highest BCUT2D eigenvalue weighted by molar-refractivity contribution is 5.88. The Hall–Kier alpha value is -2.83. The first-order valence-electron chi connectivity index (χ1n) is 7.81. The van der Waals surface area contributed by atoms with Gasteiger partial charge in [0.25, 0.3) is 0 Å². The minimum atomic E-state index is -1.03. The molecule has 2 aromatic heterocycles. The normalized spacial score (nSPS) is 17.5. The van der Waals surface area contributed by atoms with Gasteiger partial charge >= 0.3 is 5.97 Å². The van der Waals surface area contributed by atoms with Crippen LogP contribution in [0.1, 0.15) is 41.7 Å². The standard InChI is InChI=1S/C17H18N4O3/c1-11(22)21-4-2-3-12(10-21)15-8-19-9-16(20-15)13-5-14(17(23)24)7-18-6-13/h5-9,12H,2-4,10H2,1H3,(H,23,24)/t12-/m0/s1. The topological polar surface area (TPSA) is 96.3 Å². The lowest BCUT2D eigenvalue weighted by molar-refractivity contribution is -0.130. The molecule has 1 saturated heterocycles. The van der Waals surface area contributed by atoms with E-state index in [2.05, 4.69) is 15.0 Å². The Labute approximate surface area is 139 Å². The summed E-state index contributed by atoms with van der Waals surface area (Å²) in [4.78, 5) is 37.3. The highest BCUT2D eigenvalue weighted by Gasteiger charge is 2.24. The van der Waals surface area contributed by atoms with Gasteiger partial charge in [0.1, 0.15) is 0 Å². The Morgan fingerprint density at radius 2 is 2.00 bits per heavy atom. The summed E-state index contributed by atoms with van der Waals surface area (Å²) >= 11 is 0. The molecular formula is C17H18N4O3. The first-order valence-corrected chi connectivity index (χ1v) is 7.81. The van der Waals surface area contributed by atoms with Crippen molar-refractivity contribution in [2.24, 2.45) is 0 Å². The molecule has 3 heterocycles. The van der Waals surface area contributed by atoms with E-state index in [0.717, 1.165) is 25.1 Å². The fraction of sp³-hybridized carbons (Fsp3) is 0.353. The van der Waals surface area contributed by atoms with Crippen LogP contribution in [0.25, 0.3) is 11.3 Å². The summed E-state index contributed by atoms with van der Waals surface area (Å²) in [5, 5.41) is 9.08. The number of aromatic nitrogens is 3. The number of carbonyl (C=O) groups excluding carboxylic acids is 1. The van der Waals surface area contributed by atoms with E-state index >= 15 is 0 Å². The molecule has 0 unspecified atom stereocenters. The van der Waals surface area contributed by atoms with Crippen molar-refractivity contribution in [3.8, 4) is 11.3 Å². The predicted octanol–water partition coefficient (Wildman–Crippen LogP) is 1.96. The van der Waals surface area contributed by atoms with Crippen molar-refractivity contribution >= 4 is 11.9 Å². The average Bonchev–Trinajstić information content (AvgIpc) is 2.62. The van der Waals surface area contributed by atoms with Gasteiger partial charge in [-0.15, -0.1) is 0 Å². The van der Waals surface area contributed by atoms with Gasteiger partial charge in [0.2, 0.25) is 5.91 Å². The lowest BCUT2D eigenvalue weighted by Gasteiger charge is -2.31. The maximum absolute atomic E-state index is 11.6. The second-order valence-electron chi connectivity index (χ2n) is 5.90. The molecule has 3 rings (SSSR count). The Morgan fingerprint density at radius 3 is 2.75 bits per heavy atom. The first kappa shape index (κ1) is 16.0. The van der Waals surface area contributed by atoms with Crippen LogP contribution in [0.15, 0.2) is 30.9 Å². The predicted molar refractivity (Wildman–Crippen MR) is 86.5 cm³/mol. The third-order valence-corrected chi connectivity index (χ3v) is 4.22. The van der Waals surface area contributed by atoms with E-state index in [1.54, 1.807) is 25.5 Å². The summed E-state index contributed by atoms with van der Waals surface area (Å²) in [6, 6.07) is 1.53. The molecule has 1 amide bonds. The van der Waals surface area contributed by atoms with Crippen molar-refractivity contribution in [3.05, 3.63) is 42.1 Å². The quantitative estimate of drug-likeness (QED) is 0.926. The van der Waals surface area contributed by atoms with Gasteiger partial charge in [0.05, 0.1) is 23.1 Å². The number of hydrogen-bond acceptors (Lipinski definition) is 5. The number of likely N-dealkylation sites (tertiary alicyclic amines) is 1. The maximum Gasteiger partial charge on any atom is 0.337 e. The van der Waals surface area contributed by atoms with Gasteiger partial charge in [-0.05, 0) is 18.9 Å². The van der Waals surface area contributed by atoms with Crippen LogP contribution < -0.4 is 0 Å². The van der Waals surface area contributed by atoms with Crippen molar-refractivity contribution in [1.82, 2.24) is 19.9 Å². The van der Waals surface area contributed by atoms with Gasteiger partial charge in [-0.1, -0.05) is 0 Å². The molecule has 7 nitrogen and oxygen atoms in total. The molecule has 1 fully saturated rings. The number of hydrogen-bond donors (Lipinski definition) is 1. The number of rotatable bonds is 3. The van der Waals surface area contributed by atoms with Crippen LogP contribution in [0, 0.1) is 0 Å². The minimum Gasteiger partial charge on any atom is -0.478 e. The van der Waals surface area contributed by atoms with Crippen LogP contribution in [-0.4, -0.2) is 49.9 Å². The number of piperidine rings is 1. The number of pyridine rings is 1. The summed E-state index contributed by atoms with van der Waals surface area (Å²) in [5.41, 5.74) is 2.13. The number of carboxylic acids is 1. The van der Waals surface area contributed by atoms with Crippen molar-refractivity contribution < 1.29 is 14.7 Å². The zero-order valence-electron chi connectivity index (χ0n) is 13.3. The van der Waals surface area contributed by atoms with E-state index in [1.807, 2.05) is 4.90 Å². The molecule has 0 aromatic carbocycles. The van der Waals surface area contributed by atoms with Gasteiger partial charge in [-0.3, -0.25) is 14.8 Å². The molecular weight excluding hydrogens is 308 g/mol. The van der Waals surface area contributed by atoms with E-state index in [-0.39, 0.29) is 17.4 Å². The van der Waals surface area contributed by atoms with Crippen molar-refractivity contribution in [2.75, 3.05) is 13.1 Å². The SMILES string of the molecule is CC(=O)N1CCC[C@H](c2cncc(-c3cncc(C(=O)O)c3)n2)C1. The molecule has 0 radical (unpaired) electrons. The van der Waals surface area contributed by atoms with Crippen LogP contribution >= 0.6 is 0 Å². The van der Waals surface area contributed by atoms with Gasteiger partial charge < -0.3 is 10.0 Å². The number of carboxylic acid groups (broad SMARTS) is 1. The van der Waals surface area contributed by atoms with E-state index < -0.39 is 5.97 Å². The van der Waals surface area contributed by atoms with Crippen molar-refractivity contribution in [3.63, 3.8) is 0 Å². The van der Waals surface area contributed by atoms with Crippen LogP contribution in [0.5, 0.6) is 0 Å². The Bertz CT molecular complexity index is 778. The van der Waals surface area contributed by atoms with Crippen LogP contribution in [0.3, 0.4) is 0 Å². The molecule has 7 heteroatoms. The number of carbonyl (C=O) groups is 2. The molecule has 0 bridgehead atoms. The fourth-order valence-electron chi connectivity index (χ4n) is 2.92. The number of aromatic carboxylic acids is 1. The van der Waals surface area contributed by atoms with Gasteiger partial charge in [0.15, 0.2) is 0 Å². The highest BCUT2D eigenvalue weighted by Crippen LogP contribution is 2.27. The van der Waals surface area contributed by atoms with E-state index in [9.17, 15) is 9.59 Å². The monoisotopic (exact) mass is 326 g/mol. The molecule has 1 atom stereocenters. The molecule has 124 valence electrons. The molecule has 1 N–H and O–H groups in total.